The number of hydrogen-bond donors (Lipinski definition) is 2. The summed E-state index contributed by atoms with van der Waals surface area (Å²) in [4.78, 5) is 35.5. The van der Waals surface area contributed by atoms with Crippen molar-refractivity contribution in [2.24, 2.45) is 11.1 Å². The summed E-state index contributed by atoms with van der Waals surface area (Å²) in [5.41, 5.74) is 0.0667. The van der Waals surface area contributed by atoms with E-state index < -0.39 is 44.7 Å². The van der Waals surface area contributed by atoms with Gasteiger partial charge < -0.3 is 10.1 Å². The van der Waals surface area contributed by atoms with Gasteiger partial charge in [0.15, 0.2) is 12.4 Å². The number of ether oxygens (including phenoxy) is 1. The van der Waals surface area contributed by atoms with Crippen molar-refractivity contribution < 1.29 is 31.9 Å². The number of primary sulfonamides is 1. The molecule has 0 heterocycles. The largest absolute Gasteiger partial charge is 0.454 e. The second kappa shape index (κ2) is 9.59. The summed E-state index contributed by atoms with van der Waals surface area (Å²) in [5, 5.41) is 7.66. The molecule has 3 N–H and O–H groups in total. The summed E-state index contributed by atoms with van der Waals surface area (Å²) >= 11 is 0. The summed E-state index contributed by atoms with van der Waals surface area (Å²) in [6.45, 7) is 3.15. The van der Waals surface area contributed by atoms with Crippen molar-refractivity contribution in [3.8, 4) is 0 Å². The maximum absolute atomic E-state index is 13.8. The number of nitrogens with two attached hydrogens (primary N) is 1. The molecule has 0 saturated heterocycles. The van der Waals surface area contributed by atoms with Crippen molar-refractivity contribution in [3.05, 3.63) is 59.4 Å². The van der Waals surface area contributed by atoms with E-state index in [-0.39, 0.29) is 17.4 Å². The summed E-state index contributed by atoms with van der Waals surface area (Å²) in [7, 11) is -4.14. The molecule has 0 bridgehead atoms. The predicted molar refractivity (Wildman–Crippen MR) is 107 cm³/mol. The van der Waals surface area contributed by atoms with E-state index in [4.69, 9.17) is 9.88 Å². The van der Waals surface area contributed by atoms with Gasteiger partial charge in [-0.2, -0.15) is 0 Å². The Morgan fingerprint density at radius 1 is 1.10 bits per heavy atom. The fourth-order valence-electron chi connectivity index (χ4n) is 2.45. The van der Waals surface area contributed by atoms with Crippen molar-refractivity contribution in [2.75, 3.05) is 11.9 Å². The lowest BCUT2D eigenvalue weighted by atomic mass is 10.1. The number of Topliss-reactive ketones (excluding diaryl/α,β-unsaturated/α-hetero) is 1. The fourth-order valence-corrected chi connectivity index (χ4v) is 2.99. The minimum absolute atomic E-state index is 0.151. The Labute approximate surface area is 173 Å². The summed E-state index contributed by atoms with van der Waals surface area (Å²) in [6, 6.07) is 8.38. The van der Waals surface area contributed by atoms with Crippen molar-refractivity contribution in [1.29, 1.82) is 0 Å². The normalized spacial score (nSPS) is 11.2. The number of esters is 1. The molecule has 160 valence electrons. The van der Waals surface area contributed by atoms with Crippen molar-refractivity contribution in [2.45, 2.75) is 25.2 Å². The van der Waals surface area contributed by atoms with E-state index in [1.54, 1.807) is 0 Å². The van der Waals surface area contributed by atoms with Crippen LogP contribution in [0.4, 0.5) is 10.1 Å². The molecule has 10 heteroatoms. The second-order valence-corrected chi connectivity index (χ2v) is 8.47. The standard InChI is InChI=1S/C20H21FN2O6S/c1-12(2)9-19(25)23-14-5-3-13(4-6-14)18(24)11-29-20(26)16-10-15(30(22,27)28)7-8-17(16)21/h3-8,10,12H,9,11H2,1-2H3,(H,23,25)(H2,22,27,28). The molecular weight excluding hydrogens is 415 g/mol. The van der Waals surface area contributed by atoms with Gasteiger partial charge in [0.2, 0.25) is 15.9 Å². The molecule has 0 fully saturated rings. The van der Waals surface area contributed by atoms with Gasteiger partial charge >= 0.3 is 5.97 Å². The van der Waals surface area contributed by atoms with Crippen LogP contribution in [-0.4, -0.2) is 32.7 Å². The Kier molecular flexibility index (Phi) is 7.41. The van der Waals surface area contributed by atoms with Crippen LogP contribution < -0.4 is 10.5 Å². The van der Waals surface area contributed by atoms with Crippen LogP contribution in [0.3, 0.4) is 0 Å². The SMILES string of the molecule is CC(C)CC(=O)Nc1ccc(C(=O)COC(=O)c2cc(S(N)(=O)=O)ccc2F)cc1. The molecule has 0 aliphatic heterocycles. The van der Waals surface area contributed by atoms with Crippen molar-refractivity contribution in [3.63, 3.8) is 0 Å². The van der Waals surface area contributed by atoms with E-state index in [9.17, 15) is 27.2 Å². The minimum atomic E-state index is -4.14. The smallest absolute Gasteiger partial charge is 0.341 e. The van der Waals surface area contributed by atoms with Crippen LogP contribution in [0, 0.1) is 11.7 Å². The highest BCUT2D eigenvalue weighted by Gasteiger charge is 2.19. The Morgan fingerprint density at radius 3 is 2.30 bits per heavy atom. The molecule has 2 aromatic rings. The van der Waals surface area contributed by atoms with E-state index >= 15 is 0 Å². The average molecular weight is 436 g/mol. The fraction of sp³-hybridized carbons (Fsp3) is 0.250. The monoisotopic (exact) mass is 436 g/mol. The molecule has 0 aliphatic rings. The molecule has 0 atom stereocenters. The van der Waals surface area contributed by atoms with Gasteiger partial charge in [0, 0.05) is 17.7 Å². The zero-order chi connectivity index (χ0) is 22.5. The lowest BCUT2D eigenvalue weighted by molar-refractivity contribution is -0.116. The Hall–Kier alpha value is -3.11. The van der Waals surface area contributed by atoms with Gasteiger partial charge in [-0.05, 0) is 48.4 Å². The van der Waals surface area contributed by atoms with Crippen LogP contribution in [0.2, 0.25) is 0 Å². The number of benzene rings is 2. The van der Waals surface area contributed by atoms with Gasteiger partial charge in [0.1, 0.15) is 5.82 Å². The molecule has 1 amide bonds. The number of rotatable bonds is 8. The van der Waals surface area contributed by atoms with Gasteiger partial charge in [-0.1, -0.05) is 13.8 Å². The van der Waals surface area contributed by atoms with Crippen molar-refractivity contribution in [1.82, 2.24) is 0 Å². The van der Waals surface area contributed by atoms with E-state index in [1.165, 1.54) is 24.3 Å². The zero-order valence-corrected chi connectivity index (χ0v) is 17.2. The molecule has 0 spiro atoms. The zero-order valence-electron chi connectivity index (χ0n) is 16.3. The molecule has 0 unspecified atom stereocenters. The van der Waals surface area contributed by atoms with Crippen molar-refractivity contribution >= 4 is 33.4 Å². The number of amides is 1. The molecule has 0 aromatic heterocycles. The van der Waals surface area contributed by atoms with Crippen LogP contribution in [0.1, 0.15) is 41.0 Å². The van der Waals surface area contributed by atoms with Crippen LogP contribution in [-0.2, 0) is 19.6 Å². The van der Waals surface area contributed by atoms with E-state index in [2.05, 4.69) is 5.32 Å². The van der Waals surface area contributed by atoms with Crippen LogP contribution in [0.5, 0.6) is 0 Å². The topological polar surface area (TPSA) is 133 Å². The number of sulfonamides is 1. The maximum atomic E-state index is 13.8. The van der Waals surface area contributed by atoms with Gasteiger partial charge in [-0.3, -0.25) is 9.59 Å². The van der Waals surface area contributed by atoms with Gasteiger partial charge in [0.25, 0.3) is 0 Å². The highest BCUT2D eigenvalue weighted by Crippen LogP contribution is 2.16. The quantitative estimate of drug-likeness (QED) is 0.483. The number of nitrogens with one attached hydrogen (secondary N) is 1. The molecule has 2 rings (SSSR count). The predicted octanol–water partition coefficient (Wildman–Crippen LogP) is 2.50. The lowest BCUT2D eigenvalue weighted by Gasteiger charge is -2.09. The van der Waals surface area contributed by atoms with E-state index in [0.717, 1.165) is 18.2 Å². The number of anilines is 1. The minimum Gasteiger partial charge on any atom is -0.454 e. The van der Waals surface area contributed by atoms with Crippen LogP contribution in [0.15, 0.2) is 47.4 Å². The first-order valence-electron chi connectivity index (χ1n) is 8.90. The maximum Gasteiger partial charge on any atom is 0.341 e. The number of carbonyl (C=O) groups is 3. The average Bonchev–Trinajstić information content (AvgIpc) is 2.65. The molecular formula is C20H21FN2O6S. The third-order valence-corrected chi connectivity index (χ3v) is 4.82. The van der Waals surface area contributed by atoms with Gasteiger partial charge in [-0.15, -0.1) is 0 Å². The first kappa shape index (κ1) is 23.2. The number of hydrogen-bond acceptors (Lipinski definition) is 6. The first-order chi connectivity index (χ1) is 14.0. The van der Waals surface area contributed by atoms with E-state index in [0.29, 0.717) is 12.1 Å². The summed E-state index contributed by atoms with van der Waals surface area (Å²) < 4.78 is 41.3. The molecule has 0 saturated carbocycles. The number of halogens is 1. The van der Waals surface area contributed by atoms with Gasteiger partial charge in [-0.25, -0.2) is 22.7 Å². The molecule has 0 aliphatic carbocycles. The molecule has 0 radical (unpaired) electrons. The van der Waals surface area contributed by atoms with Gasteiger partial charge in [0.05, 0.1) is 10.5 Å². The van der Waals surface area contributed by atoms with Crippen LogP contribution >= 0.6 is 0 Å². The second-order valence-electron chi connectivity index (χ2n) is 6.91. The molecule has 8 nitrogen and oxygen atoms in total. The third kappa shape index (κ3) is 6.46. The first-order valence-corrected chi connectivity index (χ1v) is 10.4. The summed E-state index contributed by atoms with van der Waals surface area (Å²) in [5.74, 6) is -2.73. The Morgan fingerprint density at radius 2 is 1.73 bits per heavy atom. The Balaban J connectivity index is 2.00. The highest BCUT2D eigenvalue weighted by molar-refractivity contribution is 7.89. The number of ketones is 1. The van der Waals surface area contributed by atoms with Crippen LogP contribution in [0.25, 0.3) is 0 Å². The summed E-state index contributed by atoms with van der Waals surface area (Å²) in [6.07, 6.45) is 0.361. The third-order valence-electron chi connectivity index (χ3n) is 3.90. The molecule has 30 heavy (non-hydrogen) atoms. The number of carbonyl (C=O) groups excluding carboxylic acids is 3. The Bertz CT molecular complexity index is 1070. The lowest BCUT2D eigenvalue weighted by Crippen LogP contribution is -2.17. The molecule has 2 aromatic carbocycles. The van der Waals surface area contributed by atoms with E-state index in [1.807, 2.05) is 13.8 Å². The highest BCUT2D eigenvalue weighted by atomic mass is 32.2.